The molecule has 7 heteroatoms. The third-order valence-electron chi connectivity index (χ3n) is 6.74. The van der Waals surface area contributed by atoms with E-state index >= 15 is 0 Å². The molecule has 0 N–H and O–H groups in total. The number of rotatable bonds is 5. The number of carbonyl (C=O) groups is 1. The van der Waals surface area contributed by atoms with Crippen molar-refractivity contribution >= 4 is 17.4 Å². The molecule has 0 aliphatic carbocycles. The molecule has 1 aromatic rings. The summed E-state index contributed by atoms with van der Waals surface area (Å²) in [4.78, 5) is 31.3. The molecule has 4 heterocycles. The average Bonchev–Trinajstić information content (AvgIpc) is 2.80. The fraction of sp³-hybridized carbons (Fsp3) is 0.773. The molecule has 160 valence electrons. The number of carbonyl (C=O) groups excluding carboxylic acids is 1. The second kappa shape index (κ2) is 9.74. The molecule has 0 radical (unpaired) electrons. The van der Waals surface area contributed by atoms with Gasteiger partial charge in [0.25, 0.3) is 0 Å². The lowest BCUT2D eigenvalue weighted by Gasteiger charge is -2.39. The standard InChI is InChI=1S/C22H36N6O/c1-2-8-25-13-15-28(16-14-25)22(29)19-6-11-26(12-7-19)20-17-23-18-24-21(20)27-9-4-3-5-10-27/h17-19H,2-16H2,1H3. The van der Waals surface area contributed by atoms with Crippen LogP contribution >= 0.6 is 0 Å². The van der Waals surface area contributed by atoms with Crippen molar-refractivity contribution in [3.63, 3.8) is 0 Å². The molecule has 0 unspecified atom stereocenters. The molecule has 0 atom stereocenters. The first-order chi connectivity index (χ1) is 14.3. The van der Waals surface area contributed by atoms with Crippen molar-refractivity contribution in [3.05, 3.63) is 12.5 Å². The molecule has 0 aromatic carbocycles. The van der Waals surface area contributed by atoms with E-state index in [1.807, 2.05) is 6.20 Å². The summed E-state index contributed by atoms with van der Waals surface area (Å²) < 4.78 is 0. The van der Waals surface area contributed by atoms with Gasteiger partial charge < -0.3 is 14.7 Å². The fourth-order valence-corrected chi connectivity index (χ4v) is 5.02. The Morgan fingerprint density at radius 2 is 1.69 bits per heavy atom. The van der Waals surface area contributed by atoms with E-state index in [1.54, 1.807) is 6.33 Å². The second-order valence-electron chi connectivity index (χ2n) is 8.71. The molecule has 29 heavy (non-hydrogen) atoms. The van der Waals surface area contributed by atoms with Crippen LogP contribution in [0.2, 0.25) is 0 Å². The SMILES string of the molecule is CCCN1CCN(C(=O)C2CCN(c3cncnc3N3CCCCC3)CC2)CC1. The lowest BCUT2D eigenvalue weighted by molar-refractivity contribution is -0.138. The Morgan fingerprint density at radius 3 is 2.38 bits per heavy atom. The Balaban J connectivity index is 1.32. The molecule has 7 nitrogen and oxygen atoms in total. The van der Waals surface area contributed by atoms with Gasteiger partial charge in [-0.1, -0.05) is 6.92 Å². The molecule has 0 bridgehead atoms. The smallest absolute Gasteiger partial charge is 0.225 e. The van der Waals surface area contributed by atoms with Crippen LogP contribution in [0.1, 0.15) is 45.4 Å². The number of piperidine rings is 2. The second-order valence-corrected chi connectivity index (χ2v) is 8.71. The highest BCUT2D eigenvalue weighted by atomic mass is 16.2. The van der Waals surface area contributed by atoms with Gasteiger partial charge in [0, 0.05) is 58.3 Å². The lowest BCUT2D eigenvalue weighted by atomic mass is 9.94. The van der Waals surface area contributed by atoms with Crippen LogP contribution in [0.3, 0.4) is 0 Å². The summed E-state index contributed by atoms with van der Waals surface area (Å²) in [6, 6.07) is 0. The van der Waals surface area contributed by atoms with Gasteiger partial charge in [-0.25, -0.2) is 9.97 Å². The van der Waals surface area contributed by atoms with E-state index < -0.39 is 0 Å². The monoisotopic (exact) mass is 400 g/mol. The predicted octanol–water partition coefficient (Wildman–Crippen LogP) is 2.24. The summed E-state index contributed by atoms with van der Waals surface area (Å²) in [5.41, 5.74) is 1.15. The van der Waals surface area contributed by atoms with Gasteiger partial charge >= 0.3 is 0 Å². The zero-order valence-corrected chi connectivity index (χ0v) is 17.9. The molecule has 3 aliphatic heterocycles. The van der Waals surface area contributed by atoms with Gasteiger partial charge in [0.2, 0.25) is 5.91 Å². The number of anilines is 2. The first kappa shape index (κ1) is 20.4. The highest BCUT2D eigenvalue weighted by Gasteiger charge is 2.31. The van der Waals surface area contributed by atoms with E-state index in [2.05, 4.69) is 36.5 Å². The van der Waals surface area contributed by atoms with Crippen LogP contribution in [0.25, 0.3) is 0 Å². The average molecular weight is 401 g/mol. The van der Waals surface area contributed by atoms with Crippen LogP contribution in [-0.2, 0) is 4.79 Å². The van der Waals surface area contributed by atoms with Crippen LogP contribution in [0.15, 0.2) is 12.5 Å². The zero-order valence-electron chi connectivity index (χ0n) is 17.9. The van der Waals surface area contributed by atoms with Gasteiger partial charge in [-0.15, -0.1) is 0 Å². The quantitative estimate of drug-likeness (QED) is 0.756. The third kappa shape index (κ3) is 4.82. The van der Waals surface area contributed by atoms with Gasteiger partial charge in [-0.05, 0) is 45.1 Å². The Labute approximate surface area is 175 Å². The minimum atomic E-state index is 0.173. The van der Waals surface area contributed by atoms with Crippen LogP contribution < -0.4 is 9.80 Å². The van der Waals surface area contributed by atoms with Crippen molar-refractivity contribution in [2.24, 2.45) is 5.92 Å². The Bertz CT molecular complexity index is 661. The number of hydrogen-bond acceptors (Lipinski definition) is 6. The number of amides is 1. The third-order valence-corrected chi connectivity index (χ3v) is 6.74. The molecular formula is C22H36N6O. The maximum atomic E-state index is 13.0. The summed E-state index contributed by atoms with van der Waals surface area (Å²) >= 11 is 0. The lowest BCUT2D eigenvalue weighted by Crippen LogP contribution is -2.51. The van der Waals surface area contributed by atoms with E-state index in [-0.39, 0.29) is 5.92 Å². The Morgan fingerprint density at radius 1 is 0.966 bits per heavy atom. The van der Waals surface area contributed by atoms with E-state index in [9.17, 15) is 4.79 Å². The van der Waals surface area contributed by atoms with Gasteiger partial charge in [0.15, 0.2) is 5.82 Å². The predicted molar refractivity (Wildman–Crippen MR) is 116 cm³/mol. The molecule has 4 rings (SSSR count). The molecule has 1 aromatic heterocycles. The summed E-state index contributed by atoms with van der Waals surface area (Å²) in [5.74, 6) is 1.63. The molecular weight excluding hydrogens is 364 g/mol. The van der Waals surface area contributed by atoms with Crippen LogP contribution in [0.4, 0.5) is 11.5 Å². The van der Waals surface area contributed by atoms with E-state index in [0.29, 0.717) is 5.91 Å². The maximum absolute atomic E-state index is 13.0. The van der Waals surface area contributed by atoms with Crippen molar-refractivity contribution in [2.75, 3.05) is 68.7 Å². The molecule has 3 fully saturated rings. The Hall–Kier alpha value is -1.89. The summed E-state index contributed by atoms with van der Waals surface area (Å²) in [5, 5.41) is 0. The van der Waals surface area contributed by atoms with E-state index in [0.717, 1.165) is 83.2 Å². The maximum Gasteiger partial charge on any atom is 0.225 e. The van der Waals surface area contributed by atoms with Crippen molar-refractivity contribution < 1.29 is 4.79 Å². The minimum absolute atomic E-state index is 0.173. The number of hydrogen-bond donors (Lipinski definition) is 0. The van der Waals surface area contributed by atoms with Gasteiger partial charge in [0.1, 0.15) is 6.33 Å². The van der Waals surface area contributed by atoms with Crippen molar-refractivity contribution in [3.8, 4) is 0 Å². The van der Waals surface area contributed by atoms with E-state index in [4.69, 9.17) is 0 Å². The van der Waals surface area contributed by atoms with E-state index in [1.165, 1.54) is 25.7 Å². The highest BCUT2D eigenvalue weighted by molar-refractivity contribution is 5.79. The van der Waals surface area contributed by atoms with Gasteiger partial charge in [-0.3, -0.25) is 9.69 Å². The minimum Gasteiger partial charge on any atom is -0.367 e. The molecule has 1 amide bonds. The first-order valence-electron chi connectivity index (χ1n) is 11.6. The molecule has 3 saturated heterocycles. The number of piperazine rings is 1. The summed E-state index contributed by atoms with van der Waals surface area (Å²) in [7, 11) is 0. The van der Waals surface area contributed by atoms with Gasteiger partial charge in [0.05, 0.1) is 11.9 Å². The molecule has 3 aliphatic rings. The number of aromatic nitrogens is 2. The van der Waals surface area contributed by atoms with Crippen molar-refractivity contribution in [2.45, 2.75) is 45.4 Å². The fourth-order valence-electron chi connectivity index (χ4n) is 5.02. The summed E-state index contributed by atoms with van der Waals surface area (Å²) in [6.45, 7) is 11.2. The summed E-state index contributed by atoms with van der Waals surface area (Å²) in [6.07, 6.45) is 10.5. The Kier molecular flexibility index (Phi) is 6.85. The zero-order chi connectivity index (χ0) is 20.1. The van der Waals surface area contributed by atoms with Crippen molar-refractivity contribution in [1.82, 2.24) is 19.8 Å². The van der Waals surface area contributed by atoms with Gasteiger partial charge in [-0.2, -0.15) is 0 Å². The van der Waals surface area contributed by atoms with Crippen LogP contribution in [0, 0.1) is 5.92 Å². The largest absolute Gasteiger partial charge is 0.367 e. The van der Waals surface area contributed by atoms with Crippen LogP contribution in [0.5, 0.6) is 0 Å². The van der Waals surface area contributed by atoms with Crippen LogP contribution in [-0.4, -0.2) is 84.6 Å². The van der Waals surface area contributed by atoms with Crippen molar-refractivity contribution in [1.29, 1.82) is 0 Å². The molecule has 0 spiro atoms. The topological polar surface area (TPSA) is 55.8 Å². The highest BCUT2D eigenvalue weighted by Crippen LogP contribution is 2.32. The number of nitrogens with zero attached hydrogens (tertiary/aromatic N) is 6. The first-order valence-corrected chi connectivity index (χ1v) is 11.6. The normalized spacial score (nSPS) is 22.2. The molecule has 0 saturated carbocycles.